The number of nitrogens with zero attached hydrogens (tertiary/aromatic N) is 5. The lowest BCUT2D eigenvalue weighted by atomic mass is 9.83. The number of imide groups is 1. The average molecular weight is 1010 g/mol. The molecule has 6 amide bonds. The van der Waals surface area contributed by atoms with Crippen molar-refractivity contribution in [2.75, 3.05) is 92.1 Å². The quantitative estimate of drug-likeness (QED) is 0.0739. The largest absolute Gasteiger partial charge is 0.444 e. The number of rotatable bonds is 27. The van der Waals surface area contributed by atoms with Gasteiger partial charge in [0.1, 0.15) is 23.1 Å². The van der Waals surface area contributed by atoms with Crippen molar-refractivity contribution in [1.82, 2.24) is 34.9 Å². The number of halogens is 2. The molecule has 0 bridgehead atoms. The van der Waals surface area contributed by atoms with E-state index < -0.39 is 46.6 Å². The first-order valence-electron chi connectivity index (χ1n) is 24.4. The van der Waals surface area contributed by atoms with Crippen LogP contribution in [0, 0.1) is 28.9 Å². The van der Waals surface area contributed by atoms with Crippen molar-refractivity contribution >= 4 is 35.6 Å². The standard InChI is InChI=1S/C52H71F2N7O11/c1-36(62)61(48(51(2,3)4)49-57-43(41-29-40(53)13-14-42(41)54)35-58(49)31-37-11-9-8-10-12-37)34-39-33-59(50(67)72-52(5,6)7)32-38(39)30-56-45(64)18-21-68-23-25-70-27-28-71-26-24-69-22-19-55-44(63)17-20-60-46(65)15-16-47(60)66/h8-16,29,35,38-39,48H,17-28,30-34H2,1-7H3,(H,55,63)(H,56,64)/t38?,39?,48-/m0/s1. The number of likely N-dealkylation sites (tertiary alicyclic amines) is 1. The smallest absolute Gasteiger partial charge is 0.410 e. The fourth-order valence-corrected chi connectivity index (χ4v) is 8.37. The summed E-state index contributed by atoms with van der Waals surface area (Å²) in [5, 5.41) is 5.68. The Morgan fingerprint density at radius 1 is 0.778 bits per heavy atom. The van der Waals surface area contributed by atoms with E-state index in [0.29, 0.717) is 45.4 Å². The lowest BCUT2D eigenvalue weighted by molar-refractivity contribution is -0.137. The van der Waals surface area contributed by atoms with Gasteiger partial charge in [0.15, 0.2) is 0 Å². The molecule has 2 aromatic carbocycles. The average Bonchev–Trinajstić information content (AvgIpc) is 4.01. The summed E-state index contributed by atoms with van der Waals surface area (Å²) >= 11 is 0. The number of aromatic nitrogens is 2. The van der Waals surface area contributed by atoms with E-state index in [-0.39, 0.29) is 113 Å². The summed E-state index contributed by atoms with van der Waals surface area (Å²) in [6.07, 6.45) is 3.64. The molecule has 2 aliphatic heterocycles. The lowest BCUT2D eigenvalue weighted by Gasteiger charge is -2.41. The molecule has 72 heavy (non-hydrogen) atoms. The maximum atomic E-state index is 15.3. The van der Waals surface area contributed by atoms with Crippen LogP contribution in [-0.4, -0.2) is 158 Å². The van der Waals surface area contributed by atoms with E-state index in [0.717, 1.165) is 28.7 Å². The number of amides is 6. The summed E-state index contributed by atoms with van der Waals surface area (Å²) in [5.74, 6) is -2.96. The minimum absolute atomic E-state index is 0.00482. The van der Waals surface area contributed by atoms with E-state index in [4.69, 9.17) is 28.7 Å². The maximum absolute atomic E-state index is 15.3. The zero-order valence-corrected chi connectivity index (χ0v) is 42.6. The lowest BCUT2D eigenvalue weighted by Crippen LogP contribution is -2.46. The van der Waals surface area contributed by atoms with Gasteiger partial charge >= 0.3 is 6.09 Å². The monoisotopic (exact) mass is 1010 g/mol. The number of benzene rings is 2. The van der Waals surface area contributed by atoms with Crippen LogP contribution < -0.4 is 10.6 Å². The molecule has 3 aromatic rings. The molecule has 0 aliphatic carbocycles. The van der Waals surface area contributed by atoms with Crippen LogP contribution in [0.5, 0.6) is 0 Å². The van der Waals surface area contributed by atoms with Crippen molar-refractivity contribution in [1.29, 1.82) is 0 Å². The molecule has 5 rings (SSSR count). The van der Waals surface area contributed by atoms with E-state index in [1.165, 1.54) is 19.1 Å². The van der Waals surface area contributed by atoms with Gasteiger partial charge in [-0.25, -0.2) is 18.6 Å². The van der Waals surface area contributed by atoms with Crippen molar-refractivity contribution in [3.8, 4) is 11.3 Å². The van der Waals surface area contributed by atoms with Gasteiger partial charge in [0.2, 0.25) is 17.7 Å². The molecule has 20 heteroatoms. The first kappa shape index (κ1) is 56.8. The van der Waals surface area contributed by atoms with Crippen LogP contribution in [0.4, 0.5) is 13.6 Å². The third kappa shape index (κ3) is 17.9. The van der Waals surface area contributed by atoms with Crippen molar-refractivity contribution < 1.29 is 61.2 Å². The zero-order chi connectivity index (χ0) is 52.4. The predicted molar refractivity (Wildman–Crippen MR) is 262 cm³/mol. The van der Waals surface area contributed by atoms with Gasteiger partial charge in [-0.15, -0.1) is 0 Å². The second-order valence-electron chi connectivity index (χ2n) is 19.8. The Hall–Kier alpha value is -6.09. The summed E-state index contributed by atoms with van der Waals surface area (Å²) in [5.41, 5.74) is -0.222. The Bertz CT molecular complexity index is 2310. The summed E-state index contributed by atoms with van der Waals surface area (Å²) in [7, 11) is 0. The maximum Gasteiger partial charge on any atom is 0.410 e. The van der Waals surface area contributed by atoms with E-state index in [1.54, 1.807) is 36.8 Å². The number of hydrogen-bond acceptors (Lipinski definition) is 12. The van der Waals surface area contributed by atoms with Crippen LogP contribution in [0.3, 0.4) is 0 Å². The highest BCUT2D eigenvalue weighted by Crippen LogP contribution is 2.41. The van der Waals surface area contributed by atoms with Crippen LogP contribution in [0.2, 0.25) is 0 Å². The molecule has 0 spiro atoms. The van der Waals surface area contributed by atoms with Crippen LogP contribution in [0.1, 0.15) is 78.7 Å². The molecule has 1 saturated heterocycles. The second-order valence-corrected chi connectivity index (χ2v) is 19.8. The van der Waals surface area contributed by atoms with E-state index in [1.807, 2.05) is 55.7 Å². The van der Waals surface area contributed by atoms with Gasteiger partial charge in [-0.2, -0.15) is 0 Å². The Balaban J connectivity index is 1.09. The van der Waals surface area contributed by atoms with Crippen LogP contribution >= 0.6 is 0 Å². The minimum Gasteiger partial charge on any atom is -0.444 e. The van der Waals surface area contributed by atoms with Gasteiger partial charge in [-0.1, -0.05) is 51.1 Å². The van der Waals surface area contributed by atoms with Gasteiger partial charge in [-0.3, -0.25) is 28.9 Å². The van der Waals surface area contributed by atoms with Crippen molar-refractivity contribution in [2.24, 2.45) is 17.3 Å². The van der Waals surface area contributed by atoms with E-state index in [9.17, 15) is 33.2 Å². The van der Waals surface area contributed by atoms with Crippen molar-refractivity contribution in [2.45, 2.75) is 79.5 Å². The molecule has 394 valence electrons. The van der Waals surface area contributed by atoms with Gasteiger partial charge < -0.3 is 48.7 Å². The van der Waals surface area contributed by atoms with Crippen LogP contribution in [0.15, 0.2) is 66.9 Å². The van der Waals surface area contributed by atoms with Crippen molar-refractivity contribution in [3.63, 3.8) is 0 Å². The molecule has 2 N–H and O–H groups in total. The fourth-order valence-electron chi connectivity index (χ4n) is 8.37. The summed E-state index contributed by atoms with van der Waals surface area (Å²) in [4.78, 5) is 84.9. The highest BCUT2D eigenvalue weighted by Gasteiger charge is 2.43. The first-order valence-corrected chi connectivity index (χ1v) is 24.4. The van der Waals surface area contributed by atoms with Gasteiger partial charge in [0.25, 0.3) is 11.8 Å². The normalized spacial score (nSPS) is 16.3. The molecule has 1 aromatic heterocycles. The van der Waals surface area contributed by atoms with Gasteiger partial charge in [0.05, 0.1) is 64.6 Å². The van der Waals surface area contributed by atoms with Crippen LogP contribution in [0.25, 0.3) is 11.3 Å². The molecule has 1 fully saturated rings. The SMILES string of the molecule is CC(=O)N(CC1CN(C(=O)OC(C)(C)C)CC1CNC(=O)CCOCCOCCOCCOCCNC(=O)CCN1C(=O)C=CC1=O)[C@@H](c1nc(-c2cc(F)ccc2F)cn1Cc1ccccc1)C(C)(C)C. The molecule has 2 aliphatic rings. The number of carbonyl (C=O) groups excluding carboxylic acids is 6. The molecule has 3 atom stereocenters. The summed E-state index contributed by atoms with van der Waals surface area (Å²) in [6, 6.07) is 12.2. The Morgan fingerprint density at radius 3 is 1.99 bits per heavy atom. The topological polar surface area (TPSA) is 200 Å². The highest BCUT2D eigenvalue weighted by molar-refractivity contribution is 6.13. The Morgan fingerprint density at radius 2 is 1.38 bits per heavy atom. The summed E-state index contributed by atoms with van der Waals surface area (Å²) in [6.45, 7) is 16.7. The number of nitrogens with one attached hydrogen (secondary N) is 2. The van der Waals surface area contributed by atoms with Gasteiger partial charge in [0, 0.05) is 101 Å². The third-order valence-corrected chi connectivity index (χ3v) is 11.8. The number of hydrogen-bond donors (Lipinski definition) is 2. The molecule has 3 heterocycles. The Kier molecular flexibility index (Phi) is 21.4. The highest BCUT2D eigenvalue weighted by atomic mass is 19.1. The van der Waals surface area contributed by atoms with Crippen LogP contribution in [-0.2, 0) is 54.2 Å². The first-order chi connectivity index (χ1) is 34.2. The third-order valence-electron chi connectivity index (χ3n) is 11.8. The zero-order valence-electron chi connectivity index (χ0n) is 42.6. The molecular weight excluding hydrogens is 937 g/mol. The Labute approximate surface area is 420 Å². The summed E-state index contributed by atoms with van der Waals surface area (Å²) < 4.78 is 59.6. The molecule has 2 unspecified atom stereocenters. The molecule has 18 nitrogen and oxygen atoms in total. The molecular formula is C52H71F2N7O11. The number of carbonyl (C=O) groups is 6. The van der Waals surface area contributed by atoms with E-state index in [2.05, 4.69) is 10.6 Å². The number of ether oxygens (including phenoxy) is 5. The number of imidazole rings is 1. The minimum atomic E-state index is -0.751. The van der Waals surface area contributed by atoms with Gasteiger partial charge in [-0.05, 0) is 49.9 Å². The molecule has 0 saturated carbocycles. The second kappa shape index (κ2) is 27.1. The van der Waals surface area contributed by atoms with E-state index >= 15 is 4.39 Å². The fraction of sp³-hybridized carbons (Fsp3) is 0.558. The van der Waals surface area contributed by atoms with Crippen molar-refractivity contribution in [3.05, 3.63) is 89.9 Å². The predicted octanol–water partition coefficient (Wildman–Crippen LogP) is 5.30. The molecule has 0 radical (unpaired) electrons.